The zero-order chi connectivity index (χ0) is 21.9. The van der Waals surface area contributed by atoms with Gasteiger partial charge in [0.05, 0.1) is 29.0 Å². The fourth-order valence-electron chi connectivity index (χ4n) is 3.54. The van der Waals surface area contributed by atoms with Crippen LogP contribution in [0.3, 0.4) is 0 Å². The lowest BCUT2D eigenvalue weighted by atomic mass is 10.1. The number of benzene rings is 2. The van der Waals surface area contributed by atoms with E-state index in [1.807, 2.05) is 73.7 Å². The van der Waals surface area contributed by atoms with E-state index in [0.29, 0.717) is 12.2 Å². The molecule has 2 amide bonds. The van der Waals surface area contributed by atoms with Crippen LogP contribution in [0.4, 0.5) is 10.5 Å². The predicted octanol–water partition coefficient (Wildman–Crippen LogP) is 4.44. The molecule has 5 rings (SSSR count). The van der Waals surface area contributed by atoms with Crippen molar-refractivity contribution in [1.29, 1.82) is 0 Å². The van der Waals surface area contributed by atoms with Gasteiger partial charge >= 0.3 is 6.03 Å². The van der Waals surface area contributed by atoms with E-state index in [1.165, 1.54) is 0 Å². The van der Waals surface area contributed by atoms with Gasteiger partial charge in [-0.3, -0.25) is 5.10 Å². The summed E-state index contributed by atoms with van der Waals surface area (Å²) in [4.78, 5) is 16.9. The highest BCUT2D eigenvalue weighted by Gasteiger charge is 2.12. The number of nitrogens with one attached hydrogen (secondary N) is 3. The third kappa shape index (κ3) is 3.93. The Morgan fingerprint density at radius 1 is 1.06 bits per heavy atom. The van der Waals surface area contributed by atoms with Crippen molar-refractivity contribution in [3.8, 4) is 16.9 Å². The number of amides is 2. The molecule has 0 bridgehead atoms. The monoisotopic (exact) mass is 423 g/mol. The number of para-hydroxylation sites is 1. The second-order valence-electron chi connectivity index (χ2n) is 7.40. The molecular weight excluding hydrogens is 402 g/mol. The second kappa shape index (κ2) is 8.35. The van der Waals surface area contributed by atoms with Crippen molar-refractivity contribution in [2.75, 3.05) is 5.32 Å². The normalized spacial score (nSPS) is 10.9. The molecule has 32 heavy (non-hydrogen) atoms. The first-order valence-electron chi connectivity index (χ1n) is 10.2. The fourth-order valence-corrected chi connectivity index (χ4v) is 3.54. The highest BCUT2D eigenvalue weighted by atomic mass is 16.2. The molecule has 0 saturated carbocycles. The van der Waals surface area contributed by atoms with Crippen molar-refractivity contribution in [3.05, 3.63) is 90.4 Å². The van der Waals surface area contributed by atoms with E-state index in [1.54, 1.807) is 17.1 Å². The number of anilines is 1. The number of fused-ring (bicyclic) bond motifs is 1. The van der Waals surface area contributed by atoms with Crippen LogP contribution in [0.1, 0.15) is 11.3 Å². The van der Waals surface area contributed by atoms with Crippen molar-refractivity contribution in [3.63, 3.8) is 0 Å². The van der Waals surface area contributed by atoms with Crippen LogP contribution in [0, 0.1) is 6.92 Å². The summed E-state index contributed by atoms with van der Waals surface area (Å²) in [5, 5.41) is 18.1. The molecule has 0 aliphatic carbocycles. The average molecular weight is 423 g/mol. The van der Waals surface area contributed by atoms with Crippen LogP contribution >= 0.6 is 0 Å². The van der Waals surface area contributed by atoms with E-state index in [0.717, 1.165) is 39.2 Å². The summed E-state index contributed by atoms with van der Waals surface area (Å²) in [6.07, 6.45) is 3.36. The molecule has 5 aromatic rings. The summed E-state index contributed by atoms with van der Waals surface area (Å²) in [6.45, 7) is 2.34. The lowest BCUT2D eigenvalue weighted by Crippen LogP contribution is -2.28. The molecule has 0 fully saturated rings. The highest BCUT2D eigenvalue weighted by molar-refractivity contribution is 5.92. The van der Waals surface area contributed by atoms with Crippen LogP contribution in [0.15, 0.2) is 79.1 Å². The van der Waals surface area contributed by atoms with Crippen molar-refractivity contribution in [2.45, 2.75) is 13.5 Å². The van der Waals surface area contributed by atoms with Crippen molar-refractivity contribution < 1.29 is 4.79 Å². The van der Waals surface area contributed by atoms with Crippen LogP contribution in [0.25, 0.3) is 28.0 Å². The van der Waals surface area contributed by atoms with Gasteiger partial charge in [0.2, 0.25) is 0 Å². The van der Waals surface area contributed by atoms with Gasteiger partial charge in [-0.15, -0.1) is 0 Å². The molecule has 0 aliphatic heterocycles. The van der Waals surface area contributed by atoms with Gasteiger partial charge in [-0.05, 0) is 42.3 Å². The number of rotatable bonds is 5. The summed E-state index contributed by atoms with van der Waals surface area (Å²) >= 11 is 0. The zero-order valence-electron chi connectivity index (χ0n) is 17.4. The minimum Gasteiger partial charge on any atom is -0.334 e. The average Bonchev–Trinajstić information content (AvgIpc) is 3.47. The predicted molar refractivity (Wildman–Crippen MR) is 123 cm³/mol. The molecule has 3 N–H and O–H groups in total. The molecule has 0 unspecified atom stereocenters. The molecule has 0 saturated heterocycles. The first-order valence-corrected chi connectivity index (χ1v) is 10.2. The summed E-state index contributed by atoms with van der Waals surface area (Å²) in [7, 11) is 0. The van der Waals surface area contributed by atoms with Gasteiger partial charge in [-0.1, -0.05) is 42.5 Å². The first-order chi connectivity index (χ1) is 15.7. The largest absolute Gasteiger partial charge is 0.334 e. The number of nitrogens with zero attached hydrogens (tertiary/aromatic N) is 4. The Morgan fingerprint density at radius 2 is 1.88 bits per heavy atom. The minimum atomic E-state index is -0.295. The van der Waals surface area contributed by atoms with Gasteiger partial charge in [-0.25, -0.2) is 14.5 Å². The van der Waals surface area contributed by atoms with E-state index in [9.17, 15) is 4.79 Å². The van der Waals surface area contributed by atoms with Gasteiger partial charge in [0.1, 0.15) is 0 Å². The maximum absolute atomic E-state index is 12.4. The Kier molecular flexibility index (Phi) is 5.09. The Hall–Kier alpha value is -4.46. The van der Waals surface area contributed by atoms with Crippen LogP contribution in [0.2, 0.25) is 0 Å². The maximum atomic E-state index is 12.4. The molecular formula is C24H21N7O. The maximum Gasteiger partial charge on any atom is 0.319 e. The Morgan fingerprint density at radius 3 is 2.62 bits per heavy atom. The van der Waals surface area contributed by atoms with Gasteiger partial charge < -0.3 is 10.6 Å². The number of H-pyrrole nitrogens is 1. The number of urea groups is 1. The van der Waals surface area contributed by atoms with E-state index in [2.05, 4.69) is 30.9 Å². The first kappa shape index (κ1) is 19.5. The van der Waals surface area contributed by atoms with E-state index < -0.39 is 0 Å². The van der Waals surface area contributed by atoms with E-state index in [-0.39, 0.29) is 6.03 Å². The van der Waals surface area contributed by atoms with Crippen molar-refractivity contribution in [2.24, 2.45) is 0 Å². The second-order valence-corrected chi connectivity index (χ2v) is 7.40. The smallest absolute Gasteiger partial charge is 0.319 e. The topological polar surface area (TPSA) is 101 Å². The third-order valence-electron chi connectivity index (χ3n) is 5.18. The number of aromatic nitrogens is 5. The number of aryl methyl sites for hydroxylation is 1. The van der Waals surface area contributed by atoms with E-state index >= 15 is 0 Å². The SMILES string of the molecule is Cc1nn(-c2ccccc2)c2ncc(NC(=O)NCc3ccc(-c4ccn[nH]4)cc3)cc12. The number of hydrogen-bond acceptors (Lipinski definition) is 4. The number of carbonyl (C=O) groups excluding carboxylic acids is 1. The number of aromatic amines is 1. The summed E-state index contributed by atoms with van der Waals surface area (Å²) in [5.74, 6) is 0. The molecule has 0 atom stereocenters. The zero-order valence-corrected chi connectivity index (χ0v) is 17.4. The molecule has 2 aromatic carbocycles. The van der Waals surface area contributed by atoms with Crippen LogP contribution in [0.5, 0.6) is 0 Å². The van der Waals surface area contributed by atoms with Gasteiger partial charge in [0.25, 0.3) is 0 Å². The molecule has 3 heterocycles. The van der Waals surface area contributed by atoms with Crippen molar-refractivity contribution >= 4 is 22.8 Å². The van der Waals surface area contributed by atoms with Gasteiger partial charge in [0.15, 0.2) is 5.65 Å². The summed E-state index contributed by atoms with van der Waals surface area (Å²) < 4.78 is 1.81. The highest BCUT2D eigenvalue weighted by Crippen LogP contribution is 2.23. The van der Waals surface area contributed by atoms with Crippen molar-refractivity contribution in [1.82, 2.24) is 30.3 Å². The third-order valence-corrected chi connectivity index (χ3v) is 5.18. The molecule has 158 valence electrons. The quantitative estimate of drug-likeness (QED) is 0.389. The molecule has 0 aliphatic rings. The van der Waals surface area contributed by atoms with Gasteiger partial charge in [0, 0.05) is 18.1 Å². The molecule has 8 heteroatoms. The molecule has 0 radical (unpaired) electrons. The molecule has 8 nitrogen and oxygen atoms in total. The number of hydrogen-bond donors (Lipinski definition) is 3. The summed E-state index contributed by atoms with van der Waals surface area (Å²) in [6, 6.07) is 21.3. The number of carbonyl (C=O) groups is 1. The summed E-state index contributed by atoms with van der Waals surface area (Å²) in [5.41, 5.74) is 6.14. The Labute approximate surface area is 184 Å². The molecule has 0 spiro atoms. The Balaban J connectivity index is 1.25. The minimum absolute atomic E-state index is 0.295. The lowest BCUT2D eigenvalue weighted by molar-refractivity contribution is 0.251. The lowest BCUT2D eigenvalue weighted by Gasteiger charge is -2.08. The number of pyridine rings is 1. The Bertz CT molecular complexity index is 1360. The van der Waals surface area contributed by atoms with Crippen LogP contribution < -0.4 is 10.6 Å². The standard InChI is InChI=1S/C24H21N7O/c1-16-21-13-19(15-25-23(21)31(30-16)20-5-3-2-4-6-20)28-24(32)26-14-17-7-9-18(10-8-17)22-11-12-27-29-22/h2-13,15H,14H2,1H3,(H,27,29)(H2,26,28,32). The fraction of sp³-hybridized carbons (Fsp3) is 0.0833. The molecule has 3 aromatic heterocycles. The van der Waals surface area contributed by atoms with Crippen LogP contribution in [-0.4, -0.2) is 31.0 Å². The van der Waals surface area contributed by atoms with E-state index in [4.69, 9.17) is 0 Å². The van der Waals surface area contributed by atoms with Crippen LogP contribution in [-0.2, 0) is 6.54 Å². The van der Waals surface area contributed by atoms with Gasteiger partial charge in [-0.2, -0.15) is 10.2 Å².